The Morgan fingerprint density at radius 2 is 1.88 bits per heavy atom. The van der Waals surface area contributed by atoms with Gasteiger partial charge >= 0.3 is 0 Å². The van der Waals surface area contributed by atoms with Crippen LogP contribution >= 0.6 is 11.8 Å². The van der Waals surface area contributed by atoms with E-state index in [0.29, 0.717) is 12.4 Å². The predicted molar refractivity (Wildman–Crippen MR) is 99.1 cm³/mol. The molecule has 0 radical (unpaired) electrons. The van der Waals surface area contributed by atoms with Crippen LogP contribution < -0.4 is 5.32 Å². The number of hydrogen-bond donors (Lipinski definition) is 2. The summed E-state index contributed by atoms with van der Waals surface area (Å²) in [7, 11) is 0. The highest BCUT2D eigenvalue weighted by atomic mass is 32.2. The fourth-order valence-corrected chi connectivity index (χ4v) is 2.85. The Kier molecular flexibility index (Phi) is 5.46. The monoisotopic (exact) mass is 337 g/mol. The summed E-state index contributed by atoms with van der Waals surface area (Å²) in [4.78, 5) is 9.78. The minimum absolute atomic E-state index is 0.394. The van der Waals surface area contributed by atoms with Gasteiger partial charge in [0.15, 0.2) is 0 Å². The lowest BCUT2D eigenvalue weighted by atomic mass is 10.1. The number of benzene rings is 2. The van der Waals surface area contributed by atoms with Crippen LogP contribution in [0, 0.1) is 0 Å². The van der Waals surface area contributed by atoms with Crippen molar-refractivity contribution in [1.29, 1.82) is 0 Å². The standard InChI is InChI=1S/C19H19N3OS/c1-24-16-9-5-8-15(10-16)17-11-19(22-13-21-17)20-12-18(23)14-6-3-2-4-7-14/h2-11,13,18,23H,12H2,1H3,(H,20,21,22). The second-order valence-electron chi connectivity index (χ2n) is 5.33. The molecule has 0 spiro atoms. The minimum atomic E-state index is -0.579. The Morgan fingerprint density at radius 3 is 2.67 bits per heavy atom. The molecule has 0 saturated heterocycles. The van der Waals surface area contributed by atoms with Gasteiger partial charge in [0.2, 0.25) is 0 Å². The third-order valence-electron chi connectivity index (χ3n) is 3.69. The van der Waals surface area contributed by atoms with Gasteiger partial charge in [-0.2, -0.15) is 0 Å². The van der Waals surface area contributed by atoms with Gasteiger partial charge in [-0.1, -0.05) is 42.5 Å². The molecule has 2 aromatic carbocycles. The Bertz CT molecular complexity index is 795. The summed E-state index contributed by atoms with van der Waals surface area (Å²) in [6.45, 7) is 0.394. The smallest absolute Gasteiger partial charge is 0.130 e. The molecule has 122 valence electrons. The molecule has 0 aliphatic carbocycles. The number of aliphatic hydroxyl groups excluding tert-OH is 1. The number of aliphatic hydroxyl groups is 1. The van der Waals surface area contributed by atoms with Crippen LogP contribution in [0.15, 0.2) is 71.9 Å². The second kappa shape index (κ2) is 7.95. The normalized spacial score (nSPS) is 11.9. The maximum absolute atomic E-state index is 10.2. The van der Waals surface area contributed by atoms with E-state index in [-0.39, 0.29) is 0 Å². The van der Waals surface area contributed by atoms with E-state index in [1.165, 1.54) is 4.90 Å². The fourth-order valence-electron chi connectivity index (χ4n) is 2.39. The van der Waals surface area contributed by atoms with Crippen LogP contribution in [-0.2, 0) is 0 Å². The average molecular weight is 337 g/mol. The zero-order valence-corrected chi connectivity index (χ0v) is 14.2. The summed E-state index contributed by atoms with van der Waals surface area (Å²) in [6, 6.07) is 19.7. The van der Waals surface area contributed by atoms with Gasteiger partial charge in [-0.15, -0.1) is 11.8 Å². The first-order valence-corrected chi connectivity index (χ1v) is 8.92. The number of rotatable bonds is 6. The molecule has 1 unspecified atom stereocenters. The quantitative estimate of drug-likeness (QED) is 0.666. The molecular weight excluding hydrogens is 318 g/mol. The highest BCUT2D eigenvalue weighted by Gasteiger charge is 2.08. The van der Waals surface area contributed by atoms with E-state index in [1.54, 1.807) is 18.1 Å². The molecule has 1 atom stereocenters. The van der Waals surface area contributed by atoms with E-state index in [4.69, 9.17) is 0 Å². The summed E-state index contributed by atoms with van der Waals surface area (Å²) in [5.74, 6) is 0.699. The molecule has 0 bridgehead atoms. The van der Waals surface area contributed by atoms with Gasteiger partial charge in [0, 0.05) is 23.1 Å². The van der Waals surface area contributed by atoms with Crippen LogP contribution in [-0.4, -0.2) is 27.9 Å². The van der Waals surface area contributed by atoms with E-state index in [1.807, 2.05) is 48.5 Å². The third-order valence-corrected chi connectivity index (χ3v) is 4.42. The van der Waals surface area contributed by atoms with Crippen LogP contribution in [0.1, 0.15) is 11.7 Å². The Hall–Kier alpha value is -2.37. The van der Waals surface area contributed by atoms with Crippen LogP contribution in [0.3, 0.4) is 0 Å². The lowest BCUT2D eigenvalue weighted by molar-refractivity contribution is 0.191. The van der Waals surface area contributed by atoms with E-state index in [0.717, 1.165) is 16.8 Å². The Morgan fingerprint density at radius 1 is 1.04 bits per heavy atom. The predicted octanol–water partition coefficient (Wildman–Crippen LogP) is 4.01. The van der Waals surface area contributed by atoms with Gasteiger partial charge in [-0.3, -0.25) is 0 Å². The second-order valence-corrected chi connectivity index (χ2v) is 6.21. The Balaban J connectivity index is 1.71. The van der Waals surface area contributed by atoms with Gasteiger partial charge in [0.25, 0.3) is 0 Å². The molecule has 1 heterocycles. The highest BCUT2D eigenvalue weighted by Crippen LogP contribution is 2.24. The van der Waals surface area contributed by atoms with E-state index < -0.39 is 6.10 Å². The molecule has 0 saturated carbocycles. The SMILES string of the molecule is CSc1cccc(-c2cc(NCC(O)c3ccccc3)ncn2)c1. The molecule has 0 aliphatic heterocycles. The Labute approximate surface area is 146 Å². The maximum Gasteiger partial charge on any atom is 0.130 e. The first-order chi connectivity index (χ1) is 11.8. The third kappa shape index (κ3) is 4.13. The van der Waals surface area contributed by atoms with Crippen molar-refractivity contribution in [2.75, 3.05) is 18.1 Å². The largest absolute Gasteiger partial charge is 0.387 e. The van der Waals surface area contributed by atoms with Crippen LogP contribution in [0.4, 0.5) is 5.82 Å². The first-order valence-electron chi connectivity index (χ1n) is 7.69. The summed E-state index contributed by atoms with van der Waals surface area (Å²) >= 11 is 1.70. The zero-order valence-electron chi connectivity index (χ0n) is 13.4. The first kappa shape index (κ1) is 16.5. The number of hydrogen-bond acceptors (Lipinski definition) is 5. The van der Waals surface area contributed by atoms with Gasteiger partial charge < -0.3 is 10.4 Å². The van der Waals surface area contributed by atoms with Gasteiger partial charge in [0.1, 0.15) is 12.1 Å². The zero-order chi connectivity index (χ0) is 16.8. The van der Waals surface area contributed by atoms with Crippen molar-refractivity contribution in [2.24, 2.45) is 0 Å². The van der Waals surface area contributed by atoms with E-state index >= 15 is 0 Å². The van der Waals surface area contributed by atoms with E-state index in [9.17, 15) is 5.11 Å². The van der Waals surface area contributed by atoms with Crippen LogP contribution in [0.25, 0.3) is 11.3 Å². The molecular formula is C19H19N3OS. The fraction of sp³-hybridized carbons (Fsp3) is 0.158. The molecule has 1 aromatic heterocycles. The van der Waals surface area contributed by atoms with Crippen molar-refractivity contribution in [3.63, 3.8) is 0 Å². The molecule has 0 fully saturated rings. The number of anilines is 1. The molecule has 3 aromatic rings. The highest BCUT2D eigenvalue weighted by molar-refractivity contribution is 7.98. The van der Waals surface area contributed by atoms with Crippen LogP contribution in [0.5, 0.6) is 0 Å². The summed E-state index contributed by atoms with van der Waals surface area (Å²) in [5.41, 5.74) is 2.79. The average Bonchev–Trinajstić information content (AvgIpc) is 2.67. The van der Waals surface area contributed by atoms with E-state index in [2.05, 4.69) is 33.7 Å². The van der Waals surface area contributed by atoms with Gasteiger partial charge in [-0.25, -0.2) is 9.97 Å². The minimum Gasteiger partial charge on any atom is -0.387 e. The van der Waals surface area contributed by atoms with Gasteiger partial charge in [0.05, 0.1) is 11.8 Å². The lowest BCUT2D eigenvalue weighted by Gasteiger charge is -2.13. The lowest BCUT2D eigenvalue weighted by Crippen LogP contribution is -2.13. The van der Waals surface area contributed by atoms with Crippen molar-refractivity contribution in [2.45, 2.75) is 11.0 Å². The molecule has 24 heavy (non-hydrogen) atoms. The summed E-state index contributed by atoms with van der Waals surface area (Å²) in [6.07, 6.45) is 3.01. The maximum atomic E-state index is 10.2. The van der Waals surface area contributed by atoms with Crippen molar-refractivity contribution in [3.8, 4) is 11.3 Å². The molecule has 2 N–H and O–H groups in total. The molecule has 3 rings (SSSR count). The summed E-state index contributed by atoms with van der Waals surface area (Å²) in [5, 5.41) is 13.4. The van der Waals surface area contributed by atoms with Crippen LogP contribution in [0.2, 0.25) is 0 Å². The topological polar surface area (TPSA) is 58.0 Å². The molecule has 0 aliphatic rings. The number of thioether (sulfide) groups is 1. The summed E-state index contributed by atoms with van der Waals surface area (Å²) < 4.78 is 0. The number of nitrogens with one attached hydrogen (secondary N) is 1. The number of nitrogens with zero attached hydrogens (tertiary/aromatic N) is 2. The number of aromatic nitrogens is 2. The van der Waals surface area contributed by atoms with Crippen molar-refractivity contribution < 1.29 is 5.11 Å². The molecule has 4 nitrogen and oxygen atoms in total. The molecule has 5 heteroatoms. The van der Waals surface area contributed by atoms with Crippen molar-refractivity contribution in [1.82, 2.24) is 9.97 Å². The molecule has 0 amide bonds. The van der Waals surface area contributed by atoms with Crippen molar-refractivity contribution >= 4 is 17.6 Å². The van der Waals surface area contributed by atoms with Crippen molar-refractivity contribution in [3.05, 3.63) is 72.6 Å². The van der Waals surface area contributed by atoms with Gasteiger partial charge in [-0.05, 0) is 24.0 Å².